The quantitative estimate of drug-likeness (QED) is 0.764. The summed E-state index contributed by atoms with van der Waals surface area (Å²) >= 11 is 0. The van der Waals surface area contributed by atoms with E-state index in [2.05, 4.69) is 63.2 Å². The van der Waals surface area contributed by atoms with Crippen LogP contribution in [0.4, 0.5) is 0 Å². The van der Waals surface area contributed by atoms with E-state index in [1.807, 2.05) is 0 Å². The lowest BCUT2D eigenvalue weighted by Crippen LogP contribution is -2.26. The van der Waals surface area contributed by atoms with Gasteiger partial charge in [-0.2, -0.15) is 0 Å². The van der Waals surface area contributed by atoms with E-state index in [1.54, 1.807) is 0 Å². The molecule has 0 radical (unpaired) electrons. The third-order valence-corrected chi connectivity index (χ3v) is 3.07. The van der Waals surface area contributed by atoms with Crippen LogP contribution in [0.1, 0.15) is 32.4 Å². The molecule has 0 saturated heterocycles. The number of nitrogens with two attached hydrogens (primary N) is 1. The van der Waals surface area contributed by atoms with Gasteiger partial charge in [0, 0.05) is 6.04 Å². The molecule has 0 heterocycles. The van der Waals surface area contributed by atoms with Gasteiger partial charge in [0.2, 0.25) is 0 Å². The zero-order chi connectivity index (χ0) is 11.8. The van der Waals surface area contributed by atoms with E-state index in [4.69, 9.17) is 5.73 Å². The van der Waals surface area contributed by atoms with Crippen molar-refractivity contribution < 1.29 is 0 Å². The predicted molar refractivity (Wildman–Crippen MR) is 70.3 cm³/mol. The second-order valence-electron chi connectivity index (χ2n) is 5.45. The predicted octanol–water partition coefficient (Wildman–Crippen LogP) is 3.89. The van der Waals surface area contributed by atoms with Crippen LogP contribution in [0.5, 0.6) is 0 Å². The molecule has 2 N–H and O–H groups in total. The van der Waals surface area contributed by atoms with Crippen molar-refractivity contribution in [3.8, 4) is 0 Å². The first-order chi connectivity index (χ1) is 7.48. The van der Waals surface area contributed by atoms with Crippen molar-refractivity contribution in [1.29, 1.82) is 0 Å². The maximum Gasteiger partial charge on any atom is 0.0344 e. The average molecular weight is 213 g/mol. The highest BCUT2D eigenvalue weighted by molar-refractivity contribution is 5.83. The molecule has 2 aromatic rings. The first kappa shape index (κ1) is 11.2. The smallest absolute Gasteiger partial charge is 0.0344 e. The van der Waals surface area contributed by atoms with Crippen molar-refractivity contribution >= 4 is 10.8 Å². The molecular formula is C15H19N. The van der Waals surface area contributed by atoms with Crippen LogP contribution < -0.4 is 5.73 Å². The van der Waals surface area contributed by atoms with Crippen molar-refractivity contribution in [2.75, 3.05) is 0 Å². The number of hydrogen-bond acceptors (Lipinski definition) is 1. The lowest BCUT2D eigenvalue weighted by atomic mass is 9.82. The Labute approximate surface area is 97.3 Å². The molecule has 0 aliphatic carbocycles. The van der Waals surface area contributed by atoms with Gasteiger partial charge in [0.05, 0.1) is 0 Å². The molecule has 2 rings (SSSR count). The SMILES string of the molecule is CC(C)(C)[C@@H](N)c1ccc2ccccc2c1. The Balaban J connectivity index is 2.47. The minimum Gasteiger partial charge on any atom is -0.324 e. The largest absolute Gasteiger partial charge is 0.324 e. The van der Waals surface area contributed by atoms with E-state index in [0.717, 1.165) is 0 Å². The minimum absolute atomic E-state index is 0.0807. The van der Waals surface area contributed by atoms with Crippen molar-refractivity contribution in [3.63, 3.8) is 0 Å². The van der Waals surface area contributed by atoms with Crippen molar-refractivity contribution in [2.24, 2.45) is 11.1 Å². The summed E-state index contributed by atoms with van der Waals surface area (Å²) in [5.74, 6) is 0. The third kappa shape index (κ3) is 2.10. The minimum atomic E-state index is 0.0807. The Morgan fingerprint density at radius 2 is 1.56 bits per heavy atom. The summed E-state index contributed by atoms with van der Waals surface area (Å²) < 4.78 is 0. The van der Waals surface area contributed by atoms with E-state index in [9.17, 15) is 0 Å². The standard InChI is InChI=1S/C15H19N/c1-15(2,3)14(16)13-9-8-11-6-4-5-7-12(11)10-13/h4-10,14H,16H2,1-3H3/t14-/m0/s1. The van der Waals surface area contributed by atoms with Crippen LogP contribution in [0.2, 0.25) is 0 Å². The number of fused-ring (bicyclic) bond motifs is 1. The van der Waals surface area contributed by atoms with Gasteiger partial charge in [0.15, 0.2) is 0 Å². The summed E-state index contributed by atoms with van der Waals surface area (Å²) in [5, 5.41) is 2.53. The molecule has 0 amide bonds. The van der Waals surface area contributed by atoms with Gasteiger partial charge < -0.3 is 5.73 Å². The van der Waals surface area contributed by atoms with E-state index >= 15 is 0 Å². The van der Waals surface area contributed by atoms with Crippen LogP contribution >= 0.6 is 0 Å². The van der Waals surface area contributed by atoms with Crippen LogP contribution in [0, 0.1) is 5.41 Å². The van der Waals surface area contributed by atoms with Crippen LogP contribution in [0.25, 0.3) is 10.8 Å². The molecule has 0 aliphatic heterocycles. The fourth-order valence-corrected chi connectivity index (χ4v) is 1.90. The lowest BCUT2D eigenvalue weighted by Gasteiger charge is -2.27. The van der Waals surface area contributed by atoms with Crippen molar-refractivity contribution in [3.05, 3.63) is 48.0 Å². The van der Waals surface area contributed by atoms with E-state index in [1.165, 1.54) is 16.3 Å². The molecular weight excluding hydrogens is 194 g/mol. The molecule has 16 heavy (non-hydrogen) atoms. The molecule has 0 aromatic heterocycles. The zero-order valence-corrected chi connectivity index (χ0v) is 10.2. The van der Waals surface area contributed by atoms with E-state index in [0.29, 0.717) is 0 Å². The number of hydrogen-bond donors (Lipinski definition) is 1. The van der Waals surface area contributed by atoms with Gasteiger partial charge >= 0.3 is 0 Å². The fraction of sp³-hybridized carbons (Fsp3) is 0.333. The molecule has 0 spiro atoms. The van der Waals surface area contributed by atoms with Gasteiger partial charge in [-0.05, 0) is 27.8 Å². The first-order valence-corrected chi connectivity index (χ1v) is 5.73. The average Bonchev–Trinajstić information content (AvgIpc) is 2.26. The number of benzene rings is 2. The zero-order valence-electron chi connectivity index (χ0n) is 10.2. The van der Waals surface area contributed by atoms with Gasteiger partial charge in [-0.3, -0.25) is 0 Å². The highest BCUT2D eigenvalue weighted by Crippen LogP contribution is 2.31. The van der Waals surface area contributed by atoms with Crippen molar-refractivity contribution in [1.82, 2.24) is 0 Å². The third-order valence-electron chi connectivity index (χ3n) is 3.07. The molecule has 1 heteroatoms. The Morgan fingerprint density at radius 3 is 2.19 bits per heavy atom. The Hall–Kier alpha value is -1.34. The molecule has 0 saturated carbocycles. The highest BCUT2D eigenvalue weighted by atomic mass is 14.7. The Morgan fingerprint density at radius 1 is 0.938 bits per heavy atom. The summed E-state index contributed by atoms with van der Waals surface area (Å²) in [6.07, 6.45) is 0. The van der Waals surface area contributed by atoms with E-state index in [-0.39, 0.29) is 11.5 Å². The van der Waals surface area contributed by atoms with Crippen LogP contribution in [0.3, 0.4) is 0 Å². The van der Waals surface area contributed by atoms with Gasteiger partial charge in [0.25, 0.3) is 0 Å². The summed E-state index contributed by atoms with van der Waals surface area (Å²) in [4.78, 5) is 0. The number of rotatable bonds is 1. The maximum absolute atomic E-state index is 6.26. The van der Waals surface area contributed by atoms with Crippen molar-refractivity contribution in [2.45, 2.75) is 26.8 Å². The molecule has 1 nitrogen and oxygen atoms in total. The Bertz CT molecular complexity index is 494. The molecule has 2 aromatic carbocycles. The van der Waals surface area contributed by atoms with Gasteiger partial charge in [-0.15, -0.1) is 0 Å². The summed E-state index contributed by atoms with van der Waals surface area (Å²) in [5.41, 5.74) is 7.58. The normalized spacial score (nSPS) is 14.0. The second kappa shape index (κ2) is 3.91. The van der Waals surface area contributed by atoms with Gasteiger partial charge in [-0.1, -0.05) is 57.2 Å². The first-order valence-electron chi connectivity index (χ1n) is 5.73. The van der Waals surface area contributed by atoms with E-state index < -0.39 is 0 Å². The second-order valence-corrected chi connectivity index (χ2v) is 5.45. The van der Waals surface area contributed by atoms with Crippen LogP contribution in [-0.2, 0) is 0 Å². The fourth-order valence-electron chi connectivity index (χ4n) is 1.90. The Kier molecular flexibility index (Phi) is 2.73. The molecule has 1 atom stereocenters. The highest BCUT2D eigenvalue weighted by Gasteiger charge is 2.22. The molecule has 84 valence electrons. The van der Waals surface area contributed by atoms with Crippen LogP contribution in [-0.4, -0.2) is 0 Å². The molecule has 0 aliphatic rings. The lowest BCUT2D eigenvalue weighted by molar-refractivity contribution is 0.327. The topological polar surface area (TPSA) is 26.0 Å². The molecule has 0 unspecified atom stereocenters. The maximum atomic E-state index is 6.26. The molecule has 0 fully saturated rings. The molecule has 0 bridgehead atoms. The van der Waals surface area contributed by atoms with Gasteiger partial charge in [0.1, 0.15) is 0 Å². The summed E-state index contributed by atoms with van der Waals surface area (Å²) in [6.45, 7) is 6.52. The van der Waals surface area contributed by atoms with Gasteiger partial charge in [-0.25, -0.2) is 0 Å². The summed E-state index contributed by atoms with van der Waals surface area (Å²) in [7, 11) is 0. The monoisotopic (exact) mass is 213 g/mol. The summed E-state index contributed by atoms with van der Waals surface area (Å²) in [6, 6.07) is 15.0. The van der Waals surface area contributed by atoms with Crippen LogP contribution in [0.15, 0.2) is 42.5 Å².